The molecule has 0 aliphatic carbocycles. The lowest BCUT2D eigenvalue weighted by Crippen LogP contribution is -2.26. The van der Waals surface area contributed by atoms with E-state index < -0.39 is 16.9 Å². The van der Waals surface area contributed by atoms with Gasteiger partial charge < -0.3 is 15.5 Å². The van der Waals surface area contributed by atoms with Crippen molar-refractivity contribution in [3.63, 3.8) is 0 Å². The highest BCUT2D eigenvalue weighted by atomic mass is 16.6. The van der Waals surface area contributed by atoms with E-state index in [4.69, 9.17) is 10.2 Å². The van der Waals surface area contributed by atoms with E-state index in [2.05, 4.69) is 10.3 Å². The predicted molar refractivity (Wildman–Crippen MR) is 74.6 cm³/mol. The van der Waals surface area contributed by atoms with Crippen LogP contribution in [0.2, 0.25) is 0 Å². The summed E-state index contributed by atoms with van der Waals surface area (Å²) in [5.41, 5.74) is 5.34. The fraction of sp³-hybridized carbons (Fsp3) is 0.231. The number of nitrogen functional groups attached to an aromatic ring is 1. The van der Waals surface area contributed by atoms with Crippen molar-refractivity contribution < 1.29 is 14.1 Å². The number of rotatable bonds is 4. The number of hydrogen-bond donors (Lipinski definition) is 2. The molecule has 1 unspecified atom stereocenters. The molecule has 0 spiro atoms. The average Bonchev–Trinajstić information content (AvgIpc) is 2.85. The van der Waals surface area contributed by atoms with E-state index >= 15 is 0 Å². The van der Waals surface area contributed by atoms with E-state index in [0.29, 0.717) is 11.7 Å². The van der Waals surface area contributed by atoms with Crippen molar-refractivity contribution in [3.8, 4) is 0 Å². The summed E-state index contributed by atoms with van der Waals surface area (Å²) in [4.78, 5) is 26.3. The van der Waals surface area contributed by atoms with Crippen LogP contribution in [0.5, 0.6) is 0 Å². The highest BCUT2D eigenvalue weighted by Gasteiger charge is 2.19. The highest BCUT2D eigenvalue weighted by molar-refractivity contribution is 5.95. The zero-order valence-electron chi connectivity index (χ0n) is 11.5. The molecule has 0 fully saturated rings. The Bertz CT molecular complexity index is 695. The molecular formula is C13H14N4O4. The first-order valence-electron chi connectivity index (χ1n) is 6.15. The van der Waals surface area contributed by atoms with Gasteiger partial charge in [-0.2, -0.15) is 0 Å². The Kier molecular flexibility index (Phi) is 3.88. The molecule has 1 atom stereocenters. The molecule has 0 saturated carbocycles. The molecular weight excluding hydrogens is 276 g/mol. The van der Waals surface area contributed by atoms with Gasteiger partial charge in [0.15, 0.2) is 0 Å². The van der Waals surface area contributed by atoms with Gasteiger partial charge in [0, 0.05) is 11.6 Å². The van der Waals surface area contributed by atoms with Crippen molar-refractivity contribution in [1.29, 1.82) is 0 Å². The number of oxazole rings is 1. The van der Waals surface area contributed by atoms with Crippen LogP contribution < -0.4 is 11.1 Å². The van der Waals surface area contributed by atoms with Crippen LogP contribution in [0, 0.1) is 17.0 Å². The van der Waals surface area contributed by atoms with Crippen molar-refractivity contribution in [2.45, 2.75) is 19.9 Å². The first kappa shape index (κ1) is 14.5. The Morgan fingerprint density at radius 3 is 2.81 bits per heavy atom. The quantitative estimate of drug-likeness (QED) is 0.504. The molecule has 0 saturated heterocycles. The third kappa shape index (κ3) is 3.16. The van der Waals surface area contributed by atoms with Crippen molar-refractivity contribution >= 4 is 17.3 Å². The fourth-order valence-corrected chi connectivity index (χ4v) is 1.76. The number of nitrogens with two attached hydrogens (primary N) is 1. The summed E-state index contributed by atoms with van der Waals surface area (Å²) in [6.07, 6.45) is 1.55. The molecule has 0 aliphatic rings. The third-order valence-corrected chi connectivity index (χ3v) is 2.85. The Labute approximate surface area is 120 Å². The minimum Gasteiger partial charge on any atom is -0.444 e. The molecule has 8 heteroatoms. The summed E-state index contributed by atoms with van der Waals surface area (Å²) in [7, 11) is 0. The first-order chi connectivity index (χ1) is 9.88. The Balaban J connectivity index is 2.17. The number of amides is 1. The van der Waals surface area contributed by atoms with E-state index in [1.165, 1.54) is 12.1 Å². The number of aryl methyl sites for hydroxylation is 1. The van der Waals surface area contributed by atoms with Crippen LogP contribution in [0.4, 0.5) is 11.4 Å². The van der Waals surface area contributed by atoms with Gasteiger partial charge in [-0.3, -0.25) is 14.9 Å². The van der Waals surface area contributed by atoms with Gasteiger partial charge in [-0.1, -0.05) is 0 Å². The second-order valence-electron chi connectivity index (χ2n) is 4.54. The van der Waals surface area contributed by atoms with Crippen LogP contribution >= 0.6 is 0 Å². The topological polar surface area (TPSA) is 124 Å². The molecule has 110 valence electrons. The zero-order valence-corrected chi connectivity index (χ0v) is 11.5. The second-order valence-corrected chi connectivity index (χ2v) is 4.54. The maximum Gasteiger partial charge on any atom is 0.292 e. The molecule has 0 radical (unpaired) electrons. The summed E-state index contributed by atoms with van der Waals surface area (Å²) in [5, 5.41) is 13.5. The van der Waals surface area contributed by atoms with Crippen LogP contribution in [0.1, 0.15) is 35.0 Å². The molecule has 0 aliphatic heterocycles. The molecule has 8 nitrogen and oxygen atoms in total. The third-order valence-electron chi connectivity index (χ3n) is 2.85. The lowest BCUT2D eigenvalue weighted by molar-refractivity contribution is -0.383. The summed E-state index contributed by atoms with van der Waals surface area (Å²) in [6.45, 7) is 3.45. The average molecular weight is 290 g/mol. The lowest BCUT2D eigenvalue weighted by Gasteiger charge is -2.10. The van der Waals surface area contributed by atoms with Crippen molar-refractivity contribution in [3.05, 3.63) is 51.7 Å². The summed E-state index contributed by atoms with van der Waals surface area (Å²) in [5.74, 6) is 0.529. The smallest absolute Gasteiger partial charge is 0.292 e. The molecule has 1 aromatic carbocycles. The van der Waals surface area contributed by atoms with Gasteiger partial charge >= 0.3 is 0 Å². The van der Waals surface area contributed by atoms with Gasteiger partial charge in [-0.15, -0.1) is 0 Å². The van der Waals surface area contributed by atoms with Crippen molar-refractivity contribution in [2.24, 2.45) is 0 Å². The number of nitrogens with zero attached hydrogens (tertiary/aromatic N) is 2. The largest absolute Gasteiger partial charge is 0.444 e. The van der Waals surface area contributed by atoms with Crippen LogP contribution in [-0.4, -0.2) is 15.8 Å². The van der Waals surface area contributed by atoms with Gasteiger partial charge in [0.2, 0.25) is 5.89 Å². The van der Waals surface area contributed by atoms with E-state index in [1.54, 1.807) is 20.0 Å². The normalized spacial score (nSPS) is 11.9. The van der Waals surface area contributed by atoms with Gasteiger partial charge in [0.05, 0.1) is 11.1 Å². The minimum atomic E-state index is -0.632. The van der Waals surface area contributed by atoms with Gasteiger partial charge in [-0.05, 0) is 26.0 Å². The summed E-state index contributed by atoms with van der Waals surface area (Å²) >= 11 is 0. The molecule has 1 amide bonds. The van der Waals surface area contributed by atoms with E-state index in [1.807, 2.05) is 0 Å². The highest BCUT2D eigenvalue weighted by Crippen LogP contribution is 2.22. The number of aromatic nitrogens is 1. The summed E-state index contributed by atoms with van der Waals surface area (Å²) < 4.78 is 5.31. The van der Waals surface area contributed by atoms with Crippen LogP contribution in [0.15, 0.2) is 28.8 Å². The molecule has 21 heavy (non-hydrogen) atoms. The number of carbonyl (C=O) groups is 1. The van der Waals surface area contributed by atoms with E-state index in [-0.39, 0.29) is 16.9 Å². The number of anilines is 1. The van der Waals surface area contributed by atoms with Gasteiger partial charge in [0.1, 0.15) is 17.5 Å². The molecule has 2 aromatic rings. The molecule has 1 heterocycles. The van der Waals surface area contributed by atoms with Crippen LogP contribution in [0.25, 0.3) is 0 Å². The van der Waals surface area contributed by atoms with Crippen LogP contribution in [0.3, 0.4) is 0 Å². The second kappa shape index (κ2) is 5.61. The van der Waals surface area contributed by atoms with Crippen LogP contribution in [-0.2, 0) is 0 Å². The number of nitrogens with one attached hydrogen (secondary N) is 1. The maximum atomic E-state index is 12.1. The van der Waals surface area contributed by atoms with Gasteiger partial charge in [-0.25, -0.2) is 4.98 Å². The molecule has 1 aromatic heterocycles. The Hall–Kier alpha value is -2.90. The number of benzene rings is 1. The van der Waals surface area contributed by atoms with Crippen molar-refractivity contribution in [1.82, 2.24) is 10.3 Å². The number of carbonyl (C=O) groups excluding carboxylic acids is 1. The fourth-order valence-electron chi connectivity index (χ4n) is 1.76. The standard InChI is InChI=1S/C13H14N4O4/c1-7-6-15-13(21-7)8(2)16-12(18)9-3-4-10(14)11(5-9)17(19)20/h3-6,8H,14H2,1-2H3,(H,16,18). The first-order valence-corrected chi connectivity index (χ1v) is 6.15. The molecule has 3 N–H and O–H groups in total. The van der Waals surface area contributed by atoms with E-state index in [0.717, 1.165) is 6.07 Å². The van der Waals surface area contributed by atoms with Gasteiger partial charge in [0.25, 0.3) is 11.6 Å². The van der Waals surface area contributed by atoms with E-state index in [9.17, 15) is 14.9 Å². The number of nitro benzene ring substituents is 1. The SMILES string of the molecule is Cc1cnc(C(C)NC(=O)c2ccc(N)c([N+](=O)[O-])c2)o1. The minimum absolute atomic E-state index is 0.00734. The van der Waals surface area contributed by atoms with Crippen molar-refractivity contribution in [2.75, 3.05) is 5.73 Å². The zero-order chi connectivity index (χ0) is 15.6. The number of hydrogen-bond acceptors (Lipinski definition) is 6. The number of nitro groups is 1. The summed E-state index contributed by atoms with van der Waals surface area (Å²) in [6, 6.07) is 3.43. The monoisotopic (exact) mass is 290 g/mol. The Morgan fingerprint density at radius 1 is 1.52 bits per heavy atom. The predicted octanol–water partition coefficient (Wildman–Crippen LogP) is 1.96. The Morgan fingerprint density at radius 2 is 2.24 bits per heavy atom. The lowest BCUT2D eigenvalue weighted by atomic mass is 10.1. The molecule has 0 bridgehead atoms. The molecule has 2 rings (SSSR count). The maximum absolute atomic E-state index is 12.1.